The van der Waals surface area contributed by atoms with Gasteiger partial charge in [-0.15, -0.1) is 0 Å². The molecule has 0 radical (unpaired) electrons. The Kier molecular flexibility index (Phi) is 28.4. The van der Waals surface area contributed by atoms with Gasteiger partial charge in [-0.1, -0.05) is 98.9 Å². The molecule has 21 nitrogen and oxygen atoms in total. The number of fused-ring (bicyclic) bond motifs is 2. The zero-order valence-corrected chi connectivity index (χ0v) is 46.1. The molecule has 1 aromatic rings. The summed E-state index contributed by atoms with van der Waals surface area (Å²) < 4.78 is 28.9. The second-order valence-electron chi connectivity index (χ2n) is 21.4. The van der Waals surface area contributed by atoms with Crippen molar-refractivity contribution in [1.82, 2.24) is 0 Å². The fourth-order valence-electron chi connectivity index (χ4n) is 10.0. The van der Waals surface area contributed by atoms with Gasteiger partial charge in [0.05, 0.1) is 86.7 Å². The minimum absolute atomic E-state index is 0.126. The van der Waals surface area contributed by atoms with Crippen LogP contribution in [0, 0.1) is 17.8 Å². The summed E-state index contributed by atoms with van der Waals surface area (Å²) in [4.78, 5) is 52.2. The van der Waals surface area contributed by atoms with Gasteiger partial charge in [-0.3, -0.25) is 19.2 Å². The van der Waals surface area contributed by atoms with Crippen LogP contribution in [0.4, 0.5) is 5.69 Å². The smallest absolute Gasteiger partial charge is 0.313 e. The highest BCUT2D eigenvalue weighted by Gasteiger charge is 2.51. The Hall–Kier alpha value is -5.08. The molecule has 2 saturated heterocycles. The van der Waals surface area contributed by atoms with Crippen molar-refractivity contribution in [3.63, 3.8) is 0 Å². The molecule has 14 unspecified atom stereocenters. The predicted molar refractivity (Wildman–Crippen MR) is 294 cm³/mol. The molecule has 3 heterocycles. The quantitative estimate of drug-likeness (QED) is 0.0909. The molecular formula is C59H86N2O19. The van der Waals surface area contributed by atoms with Crippen LogP contribution in [-0.4, -0.2) is 179 Å². The first kappa shape index (κ1) is 67.4. The number of carbonyl (C=O) groups excluding carboxylic acids is 4. The maximum absolute atomic E-state index is 13.3. The van der Waals surface area contributed by atoms with Gasteiger partial charge in [-0.25, -0.2) is 0 Å². The SMILES string of the molecule is COC(=O)C1C(O)CC2(O)CC(O)CC(O)CC(O)CC(O)CC(=O)CC(O)CC(=O)OC(C(C)CCC(O)CC(=O)c3ccc(N)cc3)C(C)C=CC=CC=CC=CC=CC=CC=CC(O[C@H]3O[C@@H](C)[C@H](O)[C@@H](N)[C@H]3O)CC1O2. The van der Waals surface area contributed by atoms with Gasteiger partial charge in [-0.05, 0) is 69.2 Å². The number of benzene rings is 1. The number of ketones is 2. The van der Waals surface area contributed by atoms with Gasteiger partial charge in [0.15, 0.2) is 17.9 Å². The van der Waals surface area contributed by atoms with Gasteiger partial charge in [0.25, 0.3) is 0 Å². The zero-order chi connectivity index (χ0) is 59.1. The van der Waals surface area contributed by atoms with E-state index in [1.807, 2.05) is 19.9 Å². The van der Waals surface area contributed by atoms with Crippen molar-refractivity contribution in [2.75, 3.05) is 12.8 Å². The van der Waals surface area contributed by atoms with Crippen LogP contribution in [-0.2, 0) is 38.1 Å². The summed E-state index contributed by atoms with van der Waals surface area (Å²) in [6, 6.07) is 5.24. The maximum Gasteiger partial charge on any atom is 0.313 e. The molecule has 3 aliphatic rings. The third kappa shape index (κ3) is 23.0. The Labute approximate surface area is 468 Å². The number of anilines is 1. The Bertz CT molecular complexity index is 2300. The number of nitrogens with two attached hydrogens (primary N) is 2. The summed E-state index contributed by atoms with van der Waals surface area (Å²) in [5, 5.41) is 109. The van der Waals surface area contributed by atoms with E-state index < -0.39 is 160 Å². The molecule has 2 fully saturated rings. The number of aliphatic hydroxyl groups excluding tert-OH is 9. The molecule has 19 atom stereocenters. The normalized spacial score (nSPS) is 35.2. The number of cyclic esters (lactones) is 1. The van der Waals surface area contributed by atoms with E-state index in [4.69, 9.17) is 35.2 Å². The largest absolute Gasteiger partial charge is 0.469 e. The highest BCUT2D eigenvalue weighted by molar-refractivity contribution is 5.96. The summed E-state index contributed by atoms with van der Waals surface area (Å²) in [6.07, 6.45) is 2.76. The summed E-state index contributed by atoms with van der Waals surface area (Å²) in [7, 11) is 1.11. The van der Waals surface area contributed by atoms with Gasteiger partial charge < -0.3 is 86.2 Å². The lowest BCUT2D eigenvalue weighted by Gasteiger charge is -2.45. The fraction of sp³-hybridized carbons (Fsp3) is 0.593. The molecule has 4 rings (SSSR count). The van der Waals surface area contributed by atoms with E-state index in [0.29, 0.717) is 17.7 Å². The lowest BCUT2D eigenvalue weighted by Crippen LogP contribution is -2.61. The van der Waals surface area contributed by atoms with Crippen molar-refractivity contribution in [1.29, 1.82) is 0 Å². The molecule has 1 aromatic carbocycles. The van der Waals surface area contributed by atoms with Crippen LogP contribution in [0.25, 0.3) is 0 Å². The zero-order valence-electron chi connectivity index (χ0n) is 46.1. The number of rotatable bonds is 10. The van der Waals surface area contributed by atoms with E-state index in [-0.39, 0.29) is 49.7 Å². The third-order valence-electron chi connectivity index (χ3n) is 14.3. The van der Waals surface area contributed by atoms with Crippen molar-refractivity contribution >= 4 is 29.2 Å². The molecule has 2 bridgehead atoms. The molecule has 0 saturated carbocycles. The number of carbonyl (C=O) groups is 4. The number of hydrogen-bond donors (Lipinski definition) is 12. The predicted octanol–water partition coefficient (Wildman–Crippen LogP) is 2.37. The van der Waals surface area contributed by atoms with Crippen molar-refractivity contribution in [2.24, 2.45) is 23.5 Å². The number of aliphatic hydroxyl groups is 10. The average molecular weight is 1130 g/mol. The maximum atomic E-state index is 13.3. The summed E-state index contributed by atoms with van der Waals surface area (Å²) in [5.74, 6) is -6.91. The van der Waals surface area contributed by atoms with Gasteiger partial charge >= 0.3 is 11.9 Å². The first-order valence-corrected chi connectivity index (χ1v) is 27.3. The summed E-state index contributed by atoms with van der Waals surface area (Å²) in [6.45, 7) is 5.23. The molecule has 446 valence electrons. The first-order valence-electron chi connectivity index (χ1n) is 27.3. The Morgan fingerprint density at radius 3 is 1.86 bits per heavy atom. The number of hydrogen-bond acceptors (Lipinski definition) is 21. The van der Waals surface area contributed by atoms with Gasteiger partial charge in [-0.2, -0.15) is 0 Å². The molecular weight excluding hydrogens is 1040 g/mol. The molecule has 3 aliphatic heterocycles. The van der Waals surface area contributed by atoms with Crippen molar-refractivity contribution in [3.05, 3.63) is 115 Å². The van der Waals surface area contributed by atoms with E-state index in [1.165, 1.54) is 0 Å². The molecule has 0 amide bonds. The minimum Gasteiger partial charge on any atom is -0.469 e. The molecule has 14 N–H and O–H groups in total. The van der Waals surface area contributed by atoms with E-state index in [0.717, 1.165) is 7.11 Å². The van der Waals surface area contributed by atoms with Crippen LogP contribution in [0.2, 0.25) is 0 Å². The third-order valence-corrected chi connectivity index (χ3v) is 14.3. The second kappa shape index (κ2) is 33.7. The molecule has 21 heteroatoms. The highest BCUT2D eigenvalue weighted by atomic mass is 16.7. The van der Waals surface area contributed by atoms with Gasteiger partial charge in [0, 0.05) is 55.7 Å². The van der Waals surface area contributed by atoms with E-state index in [9.17, 15) is 70.2 Å². The second-order valence-corrected chi connectivity index (χ2v) is 21.4. The number of nitrogen functional groups attached to an aromatic ring is 1. The fourth-order valence-corrected chi connectivity index (χ4v) is 10.0. The van der Waals surface area contributed by atoms with Crippen LogP contribution in [0.15, 0.2) is 109 Å². The van der Waals surface area contributed by atoms with E-state index >= 15 is 0 Å². The number of Topliss-reactive ketones (excluding diaryl/α,β-unsaturated/α-hetero) is 2. The monoisotopic (exact) mass is 1130 g/mol. The van der Waals surface area contributed by atoms with Crippen LogP contribution in [0.1, 0.15) is 108 Å². The van der Waals surface area contributed by atoms with Crippen LogP contribution in [0.5, 0.6) is 0 Å². The van der Waals surface area contributed by atoms with Gasteiger partial charge in [0.2, 0.25) is 0 Å². The highest BCUT2D eigenvalue weighted by Crippen LogP contribution is 2.39. The molecule has 0 aliphatic carbocycles. The van der Waals surface area contributed by atoms with E-state index in [1.54, 1.807) is 110 Å². The summed E-state index contributed by atoms with van der Waals surface area (Å²) >= 11 is 0. The topological polar surface area (TPSA) is 369 Å². The standard InChI is InChI=1S/C59H86N2O19/c1-35-17-15-13-11-9-7-5-6-8-10-12-14-16-18-47(78-58-55(73)53(61)54(72)37(3)77-58)32-50-52(57(74)76-4)49(70)34-59(75,80-50)33-46(68)29-44(66)27-42(64)25-41(63)26-43(65)28-45(67)31-51(71)79-56(35)36(2)19-24-40(62)30-48(69)38-20-22-39(60)23-21-38/h5-18,20-23,35-37,40-42,44-47,49-50,52-56,58,62-64,66-68,70,72-73,75H,19,24-34,60-61H2,1-4H3/t35?,36?,37-,40?,41?,42?,44?,45?,46?,47?,49?,50?,52?,53+,54-,55+,56?,58+,59?/m0/s1. The van der Waals surface area contributed by atoms with Crippen molar-refractivity contribution in [3.8, 4) is 0 Å². The Balaban J connectivity index is 1.55. The number of ether oxygens (including phenoxy) is 5. The number of allylic oxidation sites excluding steroid dienone is 12. The Morgan fingerprint density at radius 2 is 1.26 bits per heavy atom. The molecule has 0 aromatic heterocycles. The Morgan fingerprint density at radius 1 is 0.713 bits per heavy atom. The summed E-state index contributed by atoms with van der Waals surface area (Å²) in [5.41, 5.74) is 12.7. The van der Waals surface area contributed by atoms with Crippen molar-refractivity contribution < 1.29 is 93.9 Å². The van der Waals surface area contributed by atoms with Crippen molar-refractivity contribution in [2.45, 2.75) is 195 Å². The van der Waals surface area contributed by atoms with Crippen LogP contribution < -0.4 is 11.5 Å². The first-order chi connectivity index (χ1) is 37.9. The van der Waals surface area contributed by atoms with Crippen LogP contribution >= 0.6 is 0 Å². The molecule has 0 spiro atoms. The average Bonchev–Trinajstić information content (AvgIpc) is 3.48. The van der Waals surface area contributed by atoms with Gasteiger partial charge in [0.1, 0.15) is 23.9 Å². The number of esters is 2. The van der Waals surface area contributed by atoms with Crippen LogP contribution in [0.3, 0.4) is 0 Å². The van der Waals surface area contributed by atoms with E-state index in [2.05, 4.69) is 0 Å². The lowest BCUT2D eigenvalue weighted by molar-refractivity contribution is -0.308. The lowest BCUT2D eigenvalue weighted by atomic mass is 9.82. The number of methoxy groups -OCH3 is 1. The molecule has 80 heavy (non-hydrogen) atoms. The minimum atomic E-state index is -2.29.